The molecular formula is C65H115N11O15S. The quantitative estimate of drug-likeness (QED) is 0.120. The van der Waals surface area contributed by atoms with Gasteiger partial charge < -0.3 is 60.3 Å². The van der Waals surface area contributed by atoms with Crippen LogP contribution in [0.4, 0.5) is 0 Å². The van der Waals surface area contributed by atoms with E-state index in [1.54, 1.807) is 60.6 Å². The van der Waals surface area contributed by atoms with Crippen LogP contribution < -0.4 is 21.3 Å². The molecule has 1 heterocycles. The molecule has 0 saturated carbocycles. The zero-order valence-corrected chi connectivity index (χ0v) is 60.8. The summed E-state index contributed by atoms with van der Waals surface area (Å²) in [5.41, 5.74) is 0. The van der Waals surface area contributed by atoms with Crippen LogP contribution in [0.1, 0.15) is 157 Å². The van der Waals surface area contributed by atoms with Crippen LogP contribution in [-0.4, -0.2) is 248 Å². The number of carbonyl (C=O) groups excluding carboxylic acids is 12. The molecule has 1 saturated heterocycles. The third kappa shape index (κ3) is 23.1. The average molecular weight is 1320 g/mol. The molecule has 0 unspecified atom stereocenters. The highest BCUT2D eigenvalue weighted by Gasteiger charge is 2.47. The van der Waals surface area contributed by atoms with Crippen molar-refractivity contribution >= 4 is 80.8 Å². The molecule has 1 fully saturated rings. The molecule has 27 heteroatoms. The Hall–Kier alpha value is -6.67. The molecule has 0 aromatic rings. The highest BCUT2D eigenvalue weighted by atomic mass is 32.2. The fourth-order valence-corrected chi connectivity index (χ4v) is 12.9. The Bertz CT molecular complexity index is 2740. The Morgan fingerprint density at radius 2 is 0.935 bits per heavy atom. The van der Waals surface area contributed by atoms with E-state index in [1.807, 2.05) is 41.5 Å². The van der Waals surface area contributed by atoms with Crippen molar-refractivity contribution in [2.75, 3.05) is 61.3 Å². The number of rotatable bonds is 17. The van der Waals surface area contributed by atoms with Gasteiger partial charge >= 0.3 is 5.97 Å². The number of amides is 11. The maximum atomic E-state index is 15.5. The lowest BCUT2D eigenvalue weighted by Gasteiger charge is -2.42. The Kier molecular flexibility index (Phi) is 33.2. The molecule has 4 N–H and O–H groups in total. The van der Waals surface area contributed by atoms with Gasteiger partial charge in [0.1, 0.15) is 82.4 Å². The number of nitrogens with zero attached hydrogens (tertiary/aromatic N) is 7. The van der Waals surface area contributed by atoms with Crippen LogP contribution in [0.15, 0.2) is 12.2 Å². The van der Waals surface area contributed by atoms with Crippen molar-refractivity contribution in [1.29, 1.82) is 0 Å². The minimum absolute atomic E-state index is 0.0807. The number of allylic oxidation sites excluding steroid dienone is 2. The largest absolute Gasteiger partial charge is 0.459 e. The van der Waals surface area contributed by atoms with Gasteiger partial charge in [0.2, 0.25) is 65.0 Å². The van der Waals surface area contributed by atoms with E-state index in [9.17, 15) is 46.8 Å². The summed E-state index contributed by atoms with van der Waals surface area (Å²) in [7, 11) is 5.67. The van der Waals surface area contributed by atoms with E-state index in [1.165, 1.54) is 91.7 Å². The van der Waals surface area contributed by atoms with Crippen molar-refractivity contribution in [2.24, 2.45) is 41.4 Å². The number of hydrogen-bond acceptors (Lipinski definition) is 15. The number of esters is 1. The van der Waals surface area contributed by atoms with E-state index >= 15 is 19.2 Å². The normalized spacial score (nSPS) is 27.0. The minimum atomic E-state index is -3.83. The molecule has 92 heavy (non-hydrogen) atoms. The smallest absolute Gasteiger partial charge is 0.303 e. The molecular weight excluding hydrogens is 1210 g/mol. The van der Waals surface area contributed by atoms with Crippen molar-refractivity contribution in [3.05, 3.63) is 12.2 Å². The second-order valence-corrected chi connectivity index (χ2v) is 29.6. The molecule has 14 atom stereocenters. The first-order valence-corrected chi connectivity index (χ1v) is 34.3. The van der Waals surface area contributed by atoms with Crippen molar-refractivity contribution in [3.63, 3.8) is 0 Å². The van der Waals surface area contributed by atoms with E-state index in [0.717, 1.165) is 32.8 Å². The average Bonchev–Trinajstić information content (AvgIpc) is 0.819. The standard InChI is InChI=1S/C65H115N11O15S/c1-27-29-30-40(13)54(91-45(18)77)53-58(81)68-46(28-2)61(84)70(19)44(17)60(83)75(24)52(41(14)34-92(26,89)90)57(80)69-50(38(9)10)64(87)71(20)47(31-35(3)4)56(79)66-42(15)55(78)67-43(16)59(82)72(21)48(32-36(5)6)62(85)73(22)49(33-37(7)8)63(86)74(23)51(39(11)12)65(88)76(53)25/h27,29,35-44,46-54H,28,30-34H2,1-26H3,(H,66,79)(H,67,78)(H,68,81)(H,69,80)/b29-27+/t40-,41-,42+,43-,44-,46+,47+,48+,49+,50+,51+,52+,53+,54-/m1/s1. The fourth-order valence-electron chi connectivity index (χ4n) is 11.7. The fraction of sp³-hybridized carbons (Fsp3) is 0.785. The Balaban J connectivity index is 4.57. The predicted octanol–water partition coefficient (Wildman–Crippen LogP) is 2.86. The summed E-state index contributed by atoms with van der Waals surface area (Å²) in [6.07, 6.45) is 3.62. The van der Waals surface area contributed by atoms with Crippen LogP contribution in [-0.2, 0) is 72.1 Å². The third-order valence-electron chi connectivity index (χ3n) is 17.2. The van der Waals surface area contributed by atoms with Gasteiger partial charge in [0.25, 0.3) is 0 Å². The molecule has 26 nitrogen and oxygen atoms in total. The van der Waals surface area contributed by atoms with Crippen molar-refractivity contribution in [1.82, 2.24) is 55.6 Å². The van der Waals surface area contributed by atoms with Crippen LogP contribution >= 0.6 is 0 Å². The van der Waals surface area contributed by atoms with Gasteiger partial charge in [0, 0.05) is 62.5 Å². The van der Waals surface area contributed by atoms with Gasteiger partial charge in [-0.25, -0.2) is 8.42 Å². The van der Waals surface area contributed by atoms with Gasteiger partial charge in [-0.05, 0) is 101 Å². The number of carbonyl (C=O) groups is 12. The number of sulfone groups is 1. The number of nitrogens with one attached hydrogen (secondary N) is 4. The number of ether oxygens (including phenoxy) is 1. The Morgan fingerprint density at radius 3 is 1.38 bits per heavy atom. The second kappa shape index (κ2) is 36.7. The third-order valence-corrected chi connectivity index (χ3v) is 18.3. The van der Waals surface area contributed by atoms with Crippen LogP contribution in [0.25, 0.3) is 0 Å². The molecule has 1 aliphatic heterocycles. The Morgan fingerprint density at radius 1 is 0.500 bits per heavy atom. The SMILES string of the molecule is C/C=C/C[C@@H](C)[C@@H](OC(C)=O)[C@H]1C(=O)N[C@@H](CC)C(=O)N(C)[C@H](C)C(=O)N(C)[C@@H]([C@H](C)CS(C)(=O)=O)C(=O)N[C@@H](C(C)C)C(=O)N(C)[C@@H](CC(C)C)C(=O)N[C@@H](C)C(=O)N[C@H](C)C(=O)N(C)[C@@H](CC(C)C)C(=O)N(C)[C@@H](CC(C)C)C(=O)N(C)[C@@H](C(C)C)C(=O)N1C. The maximum absolute atomic E-state index is 15.5. The topological polar surface area (TPSA) is 319 Å². The van der Waals surface area contributed by atoms with Gasteiger partial charge in [-0.3, -0.25) is 57.5 Å². The van der Waals surface area contributed by atoms with Gasteiger partial charge in [0.05, 0.1) is 5.75 Å². The molecule has 11 amide bonds. The van der Waals surface area contributed by atoms with Crippen molar-refractivity contribution < 1.29 is 70.7 Å². The maximum Gasteiger partial charge on any atom is 0.303 e. The predicted molar refractivity (Wildman–Crippen MR) is 352 cm³/mol. The summed E-state index contributed by atoms with van der Waals surface area (Å²) in [6, 6.07) is -15.0. The molecule has 1 rings (SSSR count). The van der Waals surface area contributed by atoms with E-state index < -0.39 is 183 Å². The minimum Gasteiger partial charge on any atom is -0.459 e. The van der Waals surface area contributed by atoms with Crippen molar-refractivity contribution in [2.45, 2.75) is 229 Å². The summed E-state index contributed by atoms with van der Waals surface area (Å²) < 4.78 is 31.7. The van der Waals surface area contributed by atoms with Crippen molar-refractivity contribution in [3.8, 4) is 0 Å². The molecule has 1 aliphatic rings. The first-order valence-electron chi connectivity index (χ1n) is 32.3. The number of hydrogen-bond donors (Lipinski definition) is 4. The zero-order chi connectivity index (χ0) is 71.6. The summed E-state index contributed by atoms with van der Waals surface area (Å²) in [4.78, 5) is 184. The van der Waals surface area contributed by atoms with E-state index in [0.29, 0.717) is 0 Å². The lowest BCUT2D eigenvalue weighted by Crippen LogP contribution is -2.64. The van der Waals surface area contributed by atoms with E-state index in [4.69, 9.17) is 4.74 Å². The van der Waals surface area contributed by atoms with Crippen LogP contribution in [0, 0.1) is 41.4 Å². The molecule has 0 aromatic carbocycles. The first kappa shape index (κ1) is 83.3. The van der Waals surface area contributed by atoms with E-state index in [-0.39, 0.29) is 49.9 Å². The summed E-state index contributed by atoms with van der Waals surface area (Å²) >= 11 is 0. The van der Waals surface area contributed by atoms with Crippen LogP contribution in [0.2, 0.25) is 0 Å². The zero-order valence-electron chi connectivity index (χ0n) is 60.0. The number of likely N-dealkylation sites (N-methyl/N-ethyl adjacent to an activating group) is 7. The molecule has 526 valence electrons. The van der Waals surface area contributed by atoms with Gasteiger partial charge in [-0.2, -0.15) is 0 Å². The molecule has 0 radical (unpaired) electrons. The van der Waals surface area contributed by atoms with Crippen LogP contribution in [0.3, 0.4) is 0 Å². The monoisotopic (exact) mass is 1320 g/mol. The lowest BCUT2D eigenvalue weighted by molar-refractivity contribution is -0.164. The Labute approximate surface area is 549 Å². The second-order valence-electron chi connectivity index (χ2n) is 27.4. The highest BCUT2D eigenvalue weighted by molar-refractivity contribution is 7.90. The van der Waals surface area contributed by atoms with Gasteiger partial charge in [-0.1, -0.05) is 102 Å². The van der Waals surface area contributed by atoms with Gasteiger partial charge in [0.15, 0.2) is 0 Å². The molecule has 0 aromatic heterocycles. The first-order chi connectivity index (χ1) is 42.2. The van der Waals surface area contributed by atoms with Gasteiger partial charge in [-0.15, -0.1) is 0 Å². The molecule has 0 bridgehead atoms. The molecule has 0 spiro atoms. The summed E-state index contributed by atoms with van der Waals surface area (Å²) in [5, 5.41) is 10.8. The summed E-state index contributed by atoms with van der Waals surface area (Å²) in [6.45, 7) is 29.5. The van der Waals surface area contributed by atoms with Crippen LogP contribution in [0.5, 0.6) is 0 Å². The highest BCUT2D eigenvalue weighted by Crippen LogP contribution is 2.27. The summed E-state index contributed by atoms with van der Waals surface area (Å²) in [5.74, 6) is -13.6. The molecule has 0 aliphatic carbocycles. The van der Waals surface area contributed by atoms with E-state index in [2.05, 4.69) is 21.3 Å². The lowest BCUT2D eigenvalue weighted by atomic mass is 9.91.